The van der Waals surface area contributed by atoms with Crippen LogP contribution in [-0.4, -0.2) is 42.5 Å². The Labute approximate surface area is 109 Å². The van der Waals surface area contributed by atoms with E-state index in [9.17, 15) is 4.79 Å². The van der Waals surface area contributed by atoms with Gasteiger partial charge >= 0.3 is 0 Å². The fourth-order valence-corrected chi connectivity index (χ4v) is 2.44. The number of aromatic amines is 1. The molecule has 2 N–H and O–H groups in total. The van der Waals surface area contributed by atoms with Gasteiger partial charge in [0, 0.05) is 32.4 Å². The fraction of sp³-hybridized carbons (Fsp3) is 0.643. The van der Waals surface area contributed by atoms with E-state index in [1.54, 1.807) is 0 Å². The van der Waals surface area contributed by atoms with E-state index in [-0.39, 0.29) is 5.91 Å². The maximum absolute atomic E-state index is 12.1. The van der Waals surface area contributed by atoms with Crippen molar-refractivity contribution in [3.8, 4) is 0 Å². The zero-order valence-corrected chi connectivity index (χ0v) is 11.1. The molecule has 1 aliphatic heterocycles. The normalized spacial score (nSPS) is 19.7. The van der Waals surface area contributed by atoms with Gasteiger partial charge in [0.1, 0.15) is 0 Å². The highest BCUT2D eigenvalue weighted by atomic mass is 16.2. The van der Waals surface area contributed by atoms with Gasteiger partial charge in [-0.15, -0.1) is 0 Å². The molecular weight excluding hydrogens is 226 g/mol. The number of likely N-dealkylation sites (N-methyl/N-ethyl adjacent to an activating group) is 1. The van der Waals surface area contributed by atoms with E-state index in [0.717, 1.165) is 26.1 Å². The molecule has 100 valence electrons. The molecular formula is C14H23N3O. The van der Waals surface area contributed by atoms with Crippen LogP contribution < -0.4 is 5.32 Å². The van der Waals surface area contributed by atoms with Crippen molar-refractivity contribution in [1.82, 2.24) is 15.2 Å². The number of nitrogens with zero attached hydrogens (tertiary/aromatic N) is 1. The Morgan fingerprint density at radius 3 is 3.11 bits per heavy atom. The second-order valence-electron chi connectivity index (χ2n) is 5.20. The van der Waals surface area contributed by atoms with Crippen molar-refractivity contribution in [3.63, 3.8) is 0 Å². The van der Waals surface area contributed by atoms with Crippen LogP contribution in [0.15, 0.2) is 18.5 Å². The van der Waals surface area contributed by atoms with Crippen LogP contribution in [-0.2, 0) is 11.2 Å². The summed E-state index contributed by atoms with van der Waals surface area (Å²) in [6, 6.07) is 2.06. The van der Waals surface area contributed by atoms with E-state index in [0.29, 0.717) is 12.3 Å². The smallest absolute Gasteiger partial charge is 0.222 e. The first kappa shape index (κ1) is 13.1. The van der Waals surface area contributed by atoms with E-state index in [1.165, 1.54) is 18.4 Å². The third-order valence-electron chi connectivity index (χ3n) is 3.69. The Kier molecular flexibility index (Phi) is 4.81. The van der Waals surface area contributed by atoms with Gasteiger partial charge in [0.2, 0.25) is 5.91 Å². The van der Waals surface area contributed by atoms with Gasteiger partial charge in [-0.05, 0) is 49.9 Å². The number of H-pyrrole nitrogens is 1. The number of amides is 1. The zero-order chi connectivity index (χ0) is 12.8. The Morgan fingerprint density at radius 2 is 2.44 bits per heavy atom. The molecule has 1 saturated heterocycles. The van der Waals surface area contributed by atoms with E-state index in [1.807, 2.05) is 24.3 Å². The van der Waals surface area contributed by atoms with Gasteiger partial charge in [-0.25, -0.2) is 0 Å². The van der Waals surface area contributed by atoms with Gasteiger partial charge < -0.3 is 15.2 Å². The maximum atomic E-state index is 12.1. The summed E-state index contributed by atoms with van der Waals surface area (Å²) in [5.41, 5.74) is 1.26. The predicted octanol–water partition coefficient (Wildman–Crippen LogP) is 1.41. The van der Waals surface area contributed by atoms with E-state index >= 15 is 0 Å². The third-order valence-corrected chi connectivity index (χ3v) is 3.69. The maximum Gasteiger partial charge on any atom is 0.222 e. The number of hydrogen-bond acceptors (Lipinski definition) is 2. The van der Waals surface area contributed by atoms with Crippen molar-refractivity contribution in [2.75, 3.05) is 26.7 Å². The van der Waals surface area contributed by atoms with Crippen LogP contribution in [0, 0.1) is 5.92 Å². The molecule has 1 atom stereocenters. The lowest BCUT2D eigenvalue weighted by molar-refractivity contribution is -0.131. The van der Waals surface area contributed by atoms with Gasteiger partial charge in [0.05, 0.1) is 0 Å². The topological polar surface area (TPSA) is 48.1 Å². The SMILES string of the molecule is CN(CCc1cc[nH]c1)C(=O)CC1CCCNC1. The van der Waals surface area contributed by atoms with E-state index in [4.69, 9.17) is 0 Å². The summed E-state index contributed by atoms with van der Waals surface area (Å²) in [5, 5.41) is 3.36. The number of rotatable bonds is 5. The summed E-state index contributed by atoms with van der Waals surface area (Å²) in [7, 11) is 1.91. The lowest BCUT2D eigenvalue weighted by atomic mass is 9.95. The number of aromatic nitrogens is 1. The number of carbonyl (C=O) groups is 1. The van der Waals surface area contributed by atoms with Crippen molar-refractivity contribution < 1.29 is 4.79 Å². The van der Waals surface area contributed by atoms with Crippen LogP contribution in [0.5, 0.6) is 0 Å². The molecule has 1 unspecified atom stereocenters. The second-order valence-corrected chi connectivity index (χ2v) is 5.20. The third kappa shape index (κ3) is 3.88. The molecule has 0 aromatic carbocycles. The van der Waals surface area contributed by atoms with Gasteiger partial charge in [0.25, 0.3) is 0 Å². The van der Waals surface area contributed by atoms with Crippen LogP contribution in [0.4, 0.5) is 0 Å². The Balaban J connectivity index is 1.70. The molecule has 4 nitrogen and oxygen atoms in total. The average Bonchev–Trinajstić information content (AvgIpc) is 2.90. The van der Waals surface area contributed by atoms with Crippen LogP contribution in [0.3, 0.4) is 0 Å². The van der Waals surface area contributed by atoms with Gasteiger partial charge in [0.15, 0.2) is 0 Å². The van der Waals surface area contributed by atoms with Gasteiger partial charge in [-0.3, -0.25) is 4.79 Å². The van der Waals surface area contributed by atoms with E-state index < -0.39 is 0 Å². The number of piperidine rings is 1. The molecule has 4 heteroatoms. The van der Waals surface area contributed by atoms with Crippen LogP contribution in [0.2, 0.25) is 0 Å². The Morgan fingerprint density at radius 1 is 1.56 bits per heavy atom. The first-order valence-corrected chi connectivity index (χ1v) is 6.82. The molecule has 0 bridgehead atoms. The summed E-state index contributed by atoms with van der Waals surface area (Å²) in [6.45, 7) is 2.91. The second kappa shape index (κ2) is 6.59. The molecule has 0 aliphatic carbocycles. The lowest BCUT2D eigenvalue weighted by Gasteiger charge is -2.25. The first-order chi connectivity index (χ1) is 8.75. The summed E-state index contributed by atoms with van der Waals surface area (Å²) in [6.07, 6.45) is 7.91. The van der Waals surface area contributed by atoms with Crippen LogP contribution in [0.25, 0.3) is 0 Å². The summed E-state index contributed by atoms with van der Waals surface area (Å²) in [5.74, 6) is 0.806. The number of carbonyl (C=O) groups excluding carboxylic acids is 1. The molecule has 18 heavy (non-hydrogen) atoms. The highest BCUT2D eigenvalue weighted by molar-refractivity contribution is 5.76. The van der Waals surface area contributed by atoms with Crippen LogP contribution >= 0.6 is 0 Å². The minimum absolute atomic E-state index is 0.277. The van der Waals surface area contributed by atoms with Gasteiger partial charge in [-0.1, -0.05) is 0 Å². The molecule has 0 spiro atoms. The van der Waals surface area contributed by atoms with Crippen molar-refractivity contribution in [1.29, 1.82) is 0 Å². The minimum Gasteiger partial charge on any atom is -0.367 e. The molecule has 0 radical (unpaired) electrons. The average molecular weight is 249 g/mol. The highest BCUT2D eigenvalue weighted by Gasteiger charge is 2.18. The summed E-state index contributed by atoms with van der Waals surface area (Å²) < 4.78 is 0. The Hall–Kier alpha value is -1.29. The molecule has 1 aromatic heterocycles. The Bertz CT molecular complexity index is 355. The minimum atomic E-state index is 0.277. The monoisotopic (exact) mass is 249 g/mol. The summed E-state index contributed by atoms with van der Waals surface area (Å²) >= 11 is 0. The fourth-order valence-electron chi connectivity index (χ4n) is 2.44. The molecule has 2 rings (SSSR count). The zero-order valence-electron chi connectivity index (χ0n) is 11.1. The molecule has 0 saturated carbocycles. The molecule has 1 aromatic rings. The van der Waals surface area contributed by atoms with Gasteiger partial charge in [-0.2, -0.15) is 0 Å². The number of nitrogens with one attached hydrogen (secondary N) is 2. The standard InChI is InChI=1S/C14H23N3O/c1-17(8-5-12-4-7-16-10-12)14(18)9-13-3-2-6-15-11-13/h4,7,10,13,15-16H,2-3,5-6,8-9,11H2,1H3. The summed E-state index contributed by atoms with van der Waals surface area (Å²) in [4.78, 5) is 17.0. The predicted molar refractivity (Wildman–Crippen MR) is 72.3 cm³/mol. The van der Waals surface area contributed by atoms with Crippen LogP contribution in [0.1, 0.15) is 24.8 Å². The number of hydrogen-bond donors (Lipinski definition) is 2. The lowest BCUT2D eigenvalue weighted by Crippen LogP contribution is -2.35. The molecule has 1 aliphatic rings. The van der Waals surface area contributed by atoms with E-state index in [2.05, 4.69) is 16.4 Å². The molecule has 2 heterocycles. The van der Waals surface area contributed by atoms with Crippen molar-refractivity contribution >= 4 is 5.91 Å². The van der Waals surface area contributed by atoms with Crippen molar-refractivity contribution in [3.05, 3.63) is 24.0 Å². The quantitative estimate of drug-likeness (QED) is 0.829. The molecule has 1 fully saturated rings. The van der Waals surface area contributed by atoms with Crippen molar-refractivity contribution in [2.24, 2.45) is 5.92 Å². The highest BCUT2D eigenvalue weighted by Crippen LogP contribution is 2.15. The largest absolute Gasteiger partial charge is 0.367 e. The van der Waals surface area contributed by atoms with Crippen molar-refractivity contribution in [2.45, 2.75) is 25.7 Å². The molecule has 1 amide bonds. The first-order valence-electron chi connectivity index (χ1n) is 6.82.